The Morgan fingerprint density at radius 1 is 1.39 bits per heavy atom. The van der Waals surface area contributed by atoms with Crippen LogP contribution < -0.4 is 10.5 Å². The van der Waals surface area contributed by atoms with E-state index in [1.165, 1.54) is 18.2 Å². The van der Waals surface area contributed by atoms with Gasteiger partial charge < -0.3 is 4.42 Å². The van der Waals surface area contributed by atoms with E-state index in [-0.39, 0.29) is 11.6 Å². The summed E-state index contributed by atoms with van der Waals surface area (Å²) >= 11 is 5.45. The molecule has 2 rings (SSSR count). The molecule has 1 aromatic heterocycles. The van der Waals surface area contributed by atoms with Crippen LogP contribution in [0.2, 0.25) is 0 Å². The predicted octanol–water partition coefficient (Wildman–Crippen LogP) is 1.49. The minimum atomic E-state index is -3.42. The molecule has 6 nitrogen and oxygen atoms in total. The van der Waals surface area contributed by atoms with Crippen LogP contribution in [-0.4, -0.2) is 25.0 Å². The third-order valence-corrected chi connectivity index (χ3v) is 3.88. The highest BCUT2D eigenvalue weighted by Gasteiger charge is 2.10. The summed E-state index contributed by atoms with van der Waals surface area (Å²) in [5, 5.41) is 0. The van der Waals surface area contributed by atoms with Crippen LogP contribution in [0.1, 0.15) is 6.42 Å². The Morgan fingerprint density at radius 3 is 2.89 bits per heavy atom. The molecular weight excluding hydrogens is 280 g/mol. The van der Waals surface area contributed by atoms with Crippen LogP contribution in [0.4, 0.5) is 5.69 Å². The lowest BCUT2D eigenvalue weighted by Crippen LogP contribution is -2.16. The number of aromatic amines is 1. The number of alkyl halides is 1. The molecule has 0 atom stereocenters. The summed E-state index contributed by atoms with van der Waals surface area (Å²) in [6.45, 7) is 0. The Hall–Kier alpha value is -1.47. The van der Waals surface area contributed by atoms with E-state index in [2.05, 4.69) is 9.71 Å². The first-order valence-electron chi connectivity index (χ1n) is 5.19. The maximum atomic E-state index is 11.6. The molecule has 18 heavy (non-hydrogen) atoms. The molecule has 0 amide bonds. The molecule has 8 heteroatoms. The zero-order chi connectivity index (χ0) is 13.2. The molecule has 0 aliphatic rings. The maximum Gasteiger partial charge on any atom is 0.417 e. The third kappa shape index (κ3) is 3.05. The second-order valence-corrected chi connectivity index (χ2v) is 5.91. The Kier molecular flexibility index (Phi) is 3.63. The lowest BCUT2D eigenvalue weighted by molar-refractivity contribution is 0.555. The van der Waals surface area contributed by atoms with Crippen molar-refractivity contribution >= 4 is 38.4 Å². The summed E-state index contributed by atoms with van der Waals surface area (Å²) in [6, 6.07) is 4.54. The Bertz CT molecular complexity index is 704. The smallest absolute Gasteiger partial charge is 0.408 e. The fourth-order valence-corrected chi connectivity index (χ4v) is 2.90. The molecule has 0 aliphatic carbocycles. The lowest BCUT2D eigenvalue weighted by Gasteiger charge is -2.06. The van der Waals surface area contributed by atoms with Crippen LogP contribution in [0, 0.1) is 0 Å². The summed E-state index contributed by atoms with van der Waals surface area (Å²) in [4.78, 5) is 13.4. The van der Waals surface area contributed by atoms with Gasteiger partial charge in [0.05, 0.1) is 17.0 Å². The number of hydrogen-bond acceptors (Lipinski definition) is 4. The van der Waals surface area contributed by atoms with E-state index in [4.69, 9.17) is 16.0 Å². The highest BCUT2D eigenvalue weighted by atomic mass is 35.5. The lowest BCUT2D eigenvalue weighted by atomic mass is 10.3. The second-order valence-electron chi connectivity index (χ2n) is 3.69. The van der Waals surface area contributed by atoms with Gasteiger partial charge in [0.1, 0.15) is 0 Å². The molecule has 98 valence electrons. The molecule has 0 spiro atoms. The maximum absolute atomic E-state index is 11.6. The average Bonchev–Trinajstić information content (AvgIpc) is 2.65. The van der Waals surface area contributed by atoms with E-state index in [0.29, 0.717) is 23.2 Å². The SMILES string of the molecule is O=c1[nH]c2cc(NS(=O)(=O)CCCCl)ccc2o1. The van der Waals surface area contributed by atoms with E-state index in [1.807, 2.05) is 0 Å². The summed E-state index contributed by atoms with van der Waals surface area (Å²) in [5.74, 6) is -0.335. The van der Waals surface area contributed by atoms with Gasteiger partial charge in [-0.05, 0) is 24.6 Å². The van der Waals surface area contributed by atoms with Crippen molar-refractivity contribution in [1.29, 1.82) is 0 Å². The van der Waals surface area contributed by atoms with Gasteiger partial charge in [0, 0.05) is 5.88 Å². The number of aromatic nitrogens is 1. The molecule has 1 heterocycles. The summed E-state index contributed by atoms with van der Waals surface area (Å²) in [6.07, 6.45) is 0.377. The van der Waals surface area contributed by atoms with Gasteiger partial charge in [0.25, 0.3) is 0 Å². The quantitative estimate of drug-likeness (QED) is 0.816. The van der Waals surface area contributed by atoms with Gasteiger partial charge in [0.2, 0.25) is 10.0 Å². The number of oxazole rings is 1. The number of fused-ring (bicyclic) bond motifs is 1. The largest absolute Gasteiger partial charge is 0.417 e. The Balaban J connectivity index is 2.24. The van der Waals surface area contributed by atoms with Crippen LogP contribution in [0.25, 0.3) is 11.1 Å². The molecule has 0 aliphatic heterocycles. The summed E-state index contributed by atoms with van der Waals surface area (Å²) in [7, 11) is -3.42. The van der Waals surface area contributed by atoms with Crippen LogP contribution in [-0.2, 0) is 10.0 Å². The number of benzene rings is 1. The van der Waals surface area contributed by atoms with Gasteiger partial charge in [-0.2, -0.15) is 0 Å². The molecule has 0 radical (unpaired) electrons. The van der Waals surface area contributed by atoms with Crippen LogP contribution >= 0.6 is 11.6 Å². The number of sulfonamides is 1. The zero-order valence-corrected chi connectivity index (χ0v) is 10.8. The first-order chi connectivity index (χ1) is 8.50. The predicted molar refractivity (Wildman–Crippen MR) is 69.6 cm³/mol. The van der Waals surface area contributed by atoms with Crippen molar-refractivity contribution in [3.05, 3.63) is 28.7 Å². The molecule has 0 saturated carbocycles. The molecule has 0 bridgehead atoms. The fraction of sp³-hybridized carbons (Fsp3) is 0.300. The molecule has 0 unspecified atom stereocenters. The van der Waals surface area contributed by atoms with E-state index in [9.17, 15) is 13.2 Å². The summed E-state index contributed by atoms with van der Waals surface area (Å²) in [5.41, 5.74) is 1.19. The van der Waals surface area contributed by atoms with Crippen molar-refractivity contribution in [3.8, 4) is 0 Å². The molecular formula is C10H11ClN2O4S. The minimum absolute atomic E-state index is 0.0452. The van der Waals surface area contributed by atoms with Gasteiger partial charge in [0.15, 0.2) is 5.58 Å². The Morgan fingerprint density at radius 2 is 2.17 bits per heavy atom. The van der Waals surface area contributed by atoms with Crippen molar-refractivity contribution in [2.24, 2.45) is 0 Å². The van der Waals surface area contributed by atoms with Gasteiger partial charge in [-0.25, -0.2) is 13.2 Å². The first-order valence-corrected chi connectivity index (χ1v) is 7.38. The molecule has 0 saturated heterocycles. The van der Waals surface area contributed by atoms with Crippen LogP contribution in [0.3, 0.4) is 0 Å². The van der Waals surface area contributed by atoms with Crippen LogP contribution in [0.5, 0.6) is 0 Å². The van der Waals surface area contributed by atoms with E-state index in [0.717, 1.165) is 0 Å². The fourth-order valence-electron chi connectivity index (χ4n) is 1.49. The van der Waals surface area contributed by atoms with Gasteiger partial charge in [-0.3, -0.25) is 9.71 Å². The van der Waals surface area contributed by atoms with Gasteiger partial charge in [-0.15, -0.1) is 11.6 Å². The molecule has 2 aromatic rings. The normalized spacial score (nSPS) is 11.8. The van der Waals surface area contributed by atoms with Gasteiger partial charge >= 0.3 is 5.76 Å². The topological polar surface area (TPSA) is 92.2 Å². The number of H-pyrrole nitrogens is 1. The number of nitrogens with one attached hydrogen (secondary N) is 2. The number of anilines is 1. The van der Waals surface area contributed by atoms with Crippen molar-refractivity contribution in [2.75, 3.05) is 16.4 Å². The third-order valence-electron chi connectivity index (χ3n) is 2.24. The van der Waals surface area contributed by atoms with E-state index < -0.39 is 15.8 Å². The number of hydrogen-bond donors (Lipinski definition) is 2. The van der Waals surface area contributed by atoms with Crippen molar-refractivity contribution < 1.29 is 12.8 Å². The molecule has 0 fully saturated rings. The highest BCUT2D eigenvalue weighted by molar-refractivity contribution is 7.92. The molecule has 2 N–H and O–H groups in total. The number of halogens is 1. The Labute approximate surface area is 108 Å². The number of rotatable bonds is 5. The minimum Gasteiger partial charge on any atom is -0.408 e. The second kappa shape index (κ2) is 5.03. The van der Waals surface area contributed by atoms with Crippen LogP contribution in [0.15, 0.2) is 27.4 Å². The zero-order valence-electron chi connectivity index (χ0n) is 9.27. The first kappa shape index (κ1) is 13.0. The van der Waals surface area contributed by atoms with Gasteiger partial charge in [-0.1, -0.05) is 0 Å². The van der Waals surface area contributed by atoms with Crippen molar-refractivity contribution in [2.45, 2.75) is 6.42 Å². The van der Waals surface area contributed by atoms with E-state index >= 15 is 0 Å². The highest BCUT2D eigenvalue weighted by Crippen LogP contribution is 2.17. The summed E-state index contributed by atoms with van der Waals surface area (Å²) < 4.78 is 30.5. The standard InChI is InChI=1S/C10H11ClN2O4S/c11-4-1-5-18(15,16)13-7-2-3-9-8(6-7)12-10(14)17-9/h2-3,6,13H,1,4-5H2,(H,12,14). The average molecular weight is 291 g/mol. The van der Waals surface area contributed by atoms with E-state index in [1.54, 1.807) is 0 Å². The van der Waals surface area contributed by atoms with Crippen molar-refractivity contribution in [1.82, 2.24) is 4.98 Å². The van der Waals surface area contributed by atoms with Crippen molar-refractivity contribution in [3.63, 3.8) is 0 Å². The molecule has 1 aromatic carbocycles. The monoisotopic (exact) mass is 290 g/mol.